The Balaban J connectivity index is 1.72. The van der Waals surface area contributed by atoms with Crippen LogP contribution in [0.5, 0.6) is 0 Å². The Hall–Kier alpha value is -2.48. The summed E-state index contributed by atoms with van der Waals surface area (Å²) in [5.74, 6) is 0.735. The molecule has 136 valence electrons. The molecule has 0 radical (unpaired) electrons. The number of amides is 1. The summed E-state index contributed by atoms with van der Waals surface area (Å²) in [4.78, 5) is 23.1. The Morgan fingerprint density at radius 3 is 2.81 bits per heavy atom. The first-order valence-corrected chi connectivity index (χ1v) is 9.34. The van der Waals surface area contributed by atoms with Gasteiger partial charge >= 0.3 is 0 Å². The molecule has 0 fully saturated rings. The van der Waals surface area contributed by atoms with Crippen molar-refractivity contribution in [1.82, 2.24) is 25.1 Å². The molecule has 0 aliphatic rings. The third-order valence-electron chi connectivity index (χ3n) is 4.15. The highest BCUT2D eigenvalue weighted by molar-refractivity contribution is 9.10. The molecule has 1 N–H and O–H groups in total. The van der Waals surface area contributed by atoms with Crippen LogP contribution in [0, 0.1) is 0 Å². The second-order valence-electron chi connectivity index (χ2n) is 5.82. The molecule has 0 aliphatic heterocycles. The summed E-state index contributed by atoms with van der Waals surface area (Å²) in [5.41, 5.74) is 1.70. The van der Waals surface area contributed by atoms with Crippen molar-refractivity contribution < 1.29 is 4.79 Å². The fraction of sp³-hybridized carbons (Fsp3) is 0.333. The van der Waals surface area contributed by atoms with Gasteiger partial charge in [-0.2, -0.15) is 5.10 Å². The minimum Gasteiger partial charge on any atom is -0.356 e. The summed E-state index contributed by atoms with van der Waals surface area (Å²) in [6.45, 7) is 6.44. The highest BCUT2D eigenvalue weighted by atomic mass is 79.9. The summed E-state index contributed by atoms with van der Waals surface area (Å²) in [7, 11) is 0. The highest BCUT2D eigenvalue weighted by Crippen LogP contribution is 2.22. The van der Waals surface area contributed by atoms with Crippen LogP contribution < -0.4 is 10.2 Å². The van der Waals surface area contributed by atoms with E-state index in [9.17, 15) is 4.79 Å². The number of hydrogen-bond donors (Lipinski definition) is 1. The van der Waals surface area contributed by atoms with Gasteiger partial charge in [-0.15, -0.1) is 0 Å². The van der Waals surface area contributed by atoms with Crippen molar-refractivity contribution in [3.8, 4) is 0 Å². The highest BCUT2D eigenvalue weighted by Gasteiger charge is 2.15. The summed E-state index contributed by atoms with van der Waals surface area (Å²) in [6.07, 6.45) is 3.25. The Kier molecular flexibility index (Phi) is 5.82. The molecule has 8 heteroatoms. The van der Waals surface area contributed by atoms with Crippen LogP contribution in [0.2, 0.25) is 0 Å². The van der Waals surface area contributed by atoms with Crippen molar-refractivity contribution in [2.24, 2.45) is 0 Å². The molecule has 1 aromatic carbocycles. The van der Waals surface area contributed by atoms with Crippen LogP contribution >= 0.6 is 15.9 Å². The van der Waals surface area contributed by atoms with Crippen LogP contribution in [0.3, 0.4) is 0 Å². The van der Waals surface area contributed by atoms with Gasteiger partial charge in [0.2, 0.25) is 5.91 Å². The van der Waals surface area contributed by atoms with Gasteiger partial charge < -0.3 is 10.2 Å². The molecule has 26 heavy (non-hydrogen) atoms. The number of aromatic nitrogens is 4. The fourth-order valence-corrected chi connectivity index (χ4v) is 3.26. The minimum atomic E-state index is -0.113. The number of nitrogens with one attached hydrogen (secondary N) is 1. The molecular weight excluding hydrogens is 396 g/mol. The maximum absolute atomic E-state index is 12.3. The first-order valence-electron chi connectivity index (χ1n) is 8.55. The van der Waals surface area contributed by atoms with E-state index in [4.69, 9.17) is 0 Å². The molecule has 0 atom stereocenters. The predicted molar refractivity (Wildman–Crippen MR) is 105 cm³/mol. The van der Waals surface area contributed by atoms with Gasteiger partial charge in [0, 0.05) is 24.1 Å². The molecular formula is C18H21BrN6O. The second-order valence-corrected chi connectivity index (χ2v) is 6.73. The summed E-state index contributed by atoms with van der Waals surface area (Å²) in [5, 5.41) is 8.11. The largest absolute Gasteiger partial charge is 0.356 e. The molecule has 0 saturated heterocycles. The summed E-state index contributed by atoms with van der Waals surface area (Å²) < 4.78 is 2.60. The number of halogens is 1. The molecule has 7 nitrogen and oxygen atoms in total. The molecule has 1 amide bonds. The number of carbonyl (C=O) groups is 1. The Morgan fingerprint density at radius 2 is 2.08 bits per heavy atom. The van der Waals surface area contributed by atoms with Gasteiger partial charge in [0.1, 0.15) is 18.7 Å². The number of hydrogen-bond acceptors (Lipinski definition) is 5. The van der Waals surface area contributed by atoms with Crippen LogP contribution in [0.4, 0.5) is 5.82 Å². The molecule has 0 aliphatic carbocycles. The van der Waals surface area contributed by atoms with Crippen molar-refractivity contribution in [3.05, 3.63) is 46.8 Å². The van der Waals surface area contributed by atoms with E-state index in [2.05, 4.69) is 55.1 Å². The average molecular weight is 417 g/mol. The van der Waals surface area contributed by atoms with Gasteiger partial charge in [-0.1, -0.05) is 28.1 Å². The zero-order valence-electron chi connectivity index (χ0n) is 14.8. The van der Waals surface area contributed by atoms with E-state index in [-0.39, 0.29) is 12.5 Å². The van der Waals surface area contributed by atoms with Crippen molar-refractivity contribution >= 4 is 38.7 Å². The van der Waals surface area contributed by atoms with E-state index in [1.54, 1.807) is 10.9 Å². The Labute approximate surface area is 160 Å². The molecule has 2 heterocycles. The molecule has 3 aromatic rings. The lowest BCUT2D eigenvalue weighted by atomic mass is 10.2. The van der Waals surface area contributed by atoms with E-state index in [1.165, 1.54) is 6.33 Å². The fourth-order valence-electron chi connectivity index (χ4n) is 2.81. The number of carbonyl (C=O) groups excluding carboxylic acids is 1. The van der Waals surface area contributed by atoms with Crippen molar-refractivity contribution in [3.63, 3.8) is 0 Å². The van der Waals surface area contributed by atoms with E-state index >= 15 is 0 Å². The van der Waals surface area contributed by atoms with Crippen LogP contribution in [-0.2, 0) is 17.9 Å². The van der Waals surface area contributed by atoms with E-state index < -0.39 is 0 Å². The number of nitrogens with zero attached hydrogens (tertiary/aromatic N) is 5. The molecule has 3 rings (SSSR count). The van der Waals surface area contributed by atoms with Crippen LogP contribution in [0.1, 0.15) is 19.4 Å². The number of rotatable bonds is 7. The minimum absolute atomic E-state index is 0.113. The van der Waals surface area contributed by atoms with Crippen LogP contribution in [0.15, 0.2) is 41.3 Å². The maximum atomic E-state index is 12.3. The lowest BCUT2D eigenvalue weighted by Crippen LogP contribution is -2.27. The summed E-state index contributed by atoms with van der Waals surface area (Å²) in [6, 6.07) is 7.84. The first-order chi connectivity index (χ1) is 12.6. The Bertz CT molecular complexity index is 906. The van der Waals surface area contributed by atoms with Gasteiger partial charge in [0.05, 0.1) is 11.6 Å². The van der Waals surface area contributed by atoms with Gasteiger partial charge in [-0.25, -0.2) is 14.6 Å². The van der Waals surface area contributed by atoms with Gasteiger partial charge in [0.25, 0.3) is 0 Å². The topological polar surface area (TPSA) is 75.9 Å². The molecule has 0 saturated carbocycles. The number of fused-ring (bicyclic) bond motifs is 1. The van der Waals surface area contributed by atoms with E-state index in [1.807, 2.05) is 24.3 Å². The quantitative estimate of drug-likeness (QED) is 0.640. The smallest absolute Gasteiger partial charge is 0.242 e. The summed E-state index contributed by atoms with van der Waals surface area (Å²) >= 11 is 3.43. The van der Waals surface area contributed by atoms with Gasteiger partial charge in [0.15, 0.2) is 5.65 Å². The number of benzene rings is 1. The van der Waals surface area contributed by atoms with E-state index in [0.717, 1.165) is 34.3 Å². The molecule has 0 spiro atoms. The SMILES string of the molecule is CCN(CC)c1ncnc2c1cnn2CC(=O)NCc1cccc(Br)c1. The van der Waals surface area contributed by atoms with E-state index in [0.29, 0.717) is 12.2 Å². The van der Waals surface area contributed by atoms with Crippen LogP contribution in [0.25, 0.3) is 11.0 Å². The maximum Gasteiger partial charge on any atom is 0.242 e. The third kappa shape index (κ3) is 4.01. The van der Waals surface area contributed by atoms with Crippen molar-refractivity contribution in [2.45, 2.75) is 26.9 Å². The normalized spacial score (nSPS) is 10.9. The first kappa shape index (κ1) is 18.3. The monoisotopic (exact) mass is 416 g/mol. The zero-order valence-corrected chi connectivity index (χ0v) is 16.4. The van der Waals surface area contributed by atoms with Gasteiger partial charge in [-0.3, -0.25) is 4.79 Å². The molecule has 0 unspecified atom stereocenters. The Morgan fingerprint density at radius 1 is 1.27 bits per heavy atom. The number of anilines is 1. The van der Waals surface area contributed by atoms with Crippen molar-refractivity contribution in [1.29, 1.82) is 0 Å². The second kappa shape index (κ2) is 8.27. The standard InChI is InChI=1S/C18H21BrN6O/c1-3-24(4-2)17-15-10-23-25(18(15)22-12-21-17)11-16(26)20-9-13-6-5-7-14(19)8-13/h5-8,10,12H,3-4,9,11H2,1-2H3,(H,20,26). The molecule has 2 aromatic heterocycles. The predicted octanol–water partition coefficient (Wildman–Crippen LogP) is 2.75. The van der Waals surface area contributed by atoms with Crippen LogP contribution in [-0.4, -0.2) is 38.7 Å². The lowest BCUT2D eigenvalue weighted by Gasteiger charge is -2.19. The molecule has 0 bridgehead atoms. The third-order valence-corrected chi connectivity index (χ3v) is 4.64. The van der Waals surface area contributed by atoms with Gasteiger partial charge in [-0.05, 0) is 31.5 Å². The van der Waals surface area contributed by atoms with Crippen molar-refractivity contribution in [2.75, 3.05) is 18.0 Å². The lowest BCUT2D eigenvalue weighted by molar-refractivity contribution is -0.121. The zero-order chi connectivity index (χ0) is 18.5. The average Bonchev–Trinajstić information content (AvgIpc) is 3.05.